The van der Waals surface area contributed by atoms with Crippen LogP contribution in [0, 0.1) is 0 Å². The third-order valence-corrected chi connectivity index (χ3v) is 3.35. The molecule has 1 aromatic carbocycles. The Morgan fingerprint density at radius 1 is 1.25 bits per heavy atom. The Morgan fingerprint density at radius 3 is 2.25 bits per heavy atom. The number of benzene rings is 1. The number of carbonyl (C=O) groups is 1. The zero-order valence-electron chi connectivity index (χ0n) is 11.8. The van der Waals surface area contributed by atoms with Gasteiger partial charge in [0, 0.05) is 11.6 Å². The van der Waals surface area contributed by atoms with Crippen LogP contribution < -0.4 is 19.9 Å². The van der Waals surface area contributed by atoms with Gasteiger partial charge in [-0.25, -0.2) is 13.6 Å². The third kappa shape index (κ3) is 3.61. The van der Waals surface area contributed by atoms with Crippen molar-refractivity contribution < 1.29 is 22.7 Å². The number of carbonyl (C=O) groups excluding carboxylic acids is 1. The molecule has 0 saturated heterocycles. The normalized spacial score (nSPS) is 11.3. The van der Waals surface area contributed by atoms with E-state index in [-0.39, 0.29) is 28.0 Å². The molecule has 0 spiro atoms. The Labute approximate surface area is 118 Å². The first-order chi connectivity index (χ1) is 9.20. The second-order valence-corrected chi connectivity index (χ2v) is 5.91. The quantitative estimate of drug-likeness (QED) is 0.823. The number of nitrogens with two attached hydrogens (primary N) is 1. The molecule has 3 N–H and O–H groups in total. The molecule has 0 atom stereocenters. The fourth-order valence-corrected chi connectivity index (χ4v) is 2.35. The van der Waals surface area contributed by atoms with Crippen molar-refractivity contribution in [1.82, 2.24) is 5.32 Å². The number of amides is 1. The van der Waals surface area contributed by atoms with Gasteiger partial charge in [0.05, 0.1) is 14.2 Å². The molecule has 1 aromatic rings. The Bertz CT molecular complexity index is 611. The van der Waals surface area contributed by atoms with Crippen molar-refractivity contribution in [3.63, 3.8) is 0 Å². The maximum absolute atomic E-state index is 12.0. The smallest absolute Gasteiger partial charge is 0.251 e. The van der Waals surface area contributed by atoms with Crippen molar-refractivity contribution in [3.05, 3.63) is 17.7 Å². The Kier molecular flexibility index (Phi) is 4.96. The maximum atomic E-state index is 12.0. The van der Waals surface area contributed by atoms with Gasteiger partial charge in [-0.1, -0.05) is 0 Å². The predicted octanol–water partition coefficient (Wildman–Crippen LogP) is 0.489. The molecule has 0 aliphatic rings. The minimum Gasteiger partial charge on any atom is -0.493 e. The van der Waals surface area contributed by atoms with Gasteiger partial charge < -0.3 is 14.8 Å². The first kappa shape index (κ1) is 16.3. The van der Waals surface area contributed by atoms with Gasteiger partial charge in [-0.15, -0.1) is 0 Å². The van der Waals surface area contributed by atoms with Crippen LogP contribution in [0.2, 0.25) is 0 Å². The van der Waals surface area contributed by atoms with Gasteiger partial charge >= 0.3 is 0 Å². The molecule has 8 heteroatoms. The van der Waals surface area contributed by atoms with E-state index < -0.39 is 15.9 Å². The van der Waals surface area contributed by atoms with Crippen LogP contribution in [-0.4, -0.2) is 34.6 Å². The first-order valence-corrected chi connectivity index (χ1v) is 7.35. The number of rotatable bonds is 5. The molecule has 0 aliphatic carbocycles. The van der Waals surface area contributed by atoms with Crippen molar-refractivity contribution in [3.8, 4) is 11.5 Å². The second kappa shape index (κ2) is 6.10. The summed E-state index contributed by atoms with van der Waals surface area (Å²) in [6.07, 6.45) is 0. The van der Waals surface area contributed by atoms with Crippen LogP contribution in [0.25, 0.3) is 0 Å². The lowest BCUT2D eigenvalue weighted by Crippen LogP contribution is -2.30. The third-order valence-electron chi connectivity index (χ3n) is 2.43. The van der Waals surface area contributed by atoms with Gasteiger partial charge in [0.25, 0.3) is 5.91 Å². The van der Waals surface area contributed by atoms with E-state index in [9.17, 15) is 13.2 Å². The number of primary sulfonamides is 1. The lowest BCUT2D eigenvalue weighted by molar-refractivity contribution is 0.0942. The van der Waals surface area contributed by atoms with Crippen LogP contribution in [0.3, 0.4) is 0 Å². The molecule has 0 radical (unpaired) electrons. The van der Waals surface area contributed by atoms with Gasteiger partial charge in [0.2, 0.25) is 10.0 Å². The number of sulfonamides is 1. The standard InChI is InChI=1S/C12H18N2O5S/c1-7(2)14-12(15)8-5-9(18-3)11(19-4)10(6-8)20(13,16)17/h5-7H,1-4H3,(H,14,15)(H2,13,16,17). The van der Waals surface area contributed by atoms with E-state index in [4.69, 9.17) is 14.6 Å². The zero-order valence-corrected chi connectivity index (χ0v) is 12.6. The number of hydrogen-bond acceptors (Lipinski definition) is 5. The highest BCUT2D eigenvalue weighted by atomic mass is 32.2. The van der Waals surface area contributed by atoms with Crippen molar-refractivity contribution in [2.45, 2.75) is 24.8 Å². The summed E-state index contributed by atoms with van der Waals surface area (Å²) in [5, 5.41) is 7.79. The first-order valence-electron chi connectivity index (χ1n) is 5.80. The summed E-state index contributed by atoms with van der Waals surface area (Å²) in [7, 11) is -1.41. The molecule has 0 fully saturated rings. The number of nitrogens with one attached hydrogen (secondary N) is 1. The Balaban J connectivity index is 3.47. The van der Waals surface area contributed by atoms with Crippen LogP contribution in [-0.2, 0) is 10.0 Å². The molecule has 1 amide bonds. The number of hydrogen-bond donors (Lipinski definition) is 2. The van der Waals surface area contributed by atoms with E-state index in [1.165, 1.54) is 20.3 Å². The molecule has 0 bridgehead atoms. The Morgan fingerprint density at radius 2 is 1.85 bits per heavy atom. The van der Waals surface area contributed by atoms with Crippen molar-refractivity contribution in [1.29, 1.82) is 0 Å². The average Bonchev–Trinajstić information content (AvgIpc) is 2.34. The molecule has 0 heterocycles. The lowest BCUT2D eigenvalue weighted by Gasteiger charge is -2.14. The summed E-state index contributed by atoms with van der Waals surface area (Å²) in [5.41, 5.74) is 0.125. The van der Waals surface area contributed by atoms with Gasteiger partial charge in [-0.05, 0) is 26.0 Å². The van der Waals surface area contributed by atoms with Gasteiger partial charge in [-0.2, -0.15) is 0 Å². The highest BCUT2D eigenvalue weighted by Crippen LogP contribution is 2.35. The van der Waals surface area contributed by atoms with E-state index in [0.717, 1.165) is 6.07 Å². The minimum absolute atomic E-state index is 0.0314. The van der Waals surface area contributed by atoms with E-state index >= 15 is 0 Å². The fraction of sp³-hybridized carbons (Fsp3) is 0.417. The van der Waals surface area contributed by atoms with E-state index in [2.05, 4.69) is 5.32 Å². The van der Waals surface area contributed by atoms with Crippen molar-refractivity contribution in [2.24, 2.45) is 5.14 Å². The second-order valence-electron chi connectivity index (χ2n) is 4.38. The summed E-state index contributed by atoms with van der Waals surface area (Å²) in [6, 6.07) is 2.47. The molecule has 0 saturated carbocycles. The van der Waals surface area contributed by atoms with Crippen molar-refractivity contribution >= 4 is 15.9 Å². The summed E-state index contributed by atoms with van der Waals surface area (Å²) < 4.78 is 33.2. The number of methoxy groups -OCH3 is 2. The van der Waals surface area contributed by atoms with E-state index in [1.54, 1.807) is 13.8 Å². The molecule has 7 nitrogen and oxygen atoms in total. The molecule has 0 unspecified atom stereocenters. The van der Waals surface area contributed by atoms with Crippen LogP contribution >= 0.6 is 0 Å². The van der Waals surface area contributed by atoms with Gasteiger partial charge in [-0.3, -0.25) is 4.79 Å². The fourth-order valence-electron chi connectivity index (χ4n) is 1.62. The molecule has 0 aliphatic heterocycles. The molecular weight excluding hydrogens is 284 g/mol. The SMILES string of the molecule is COc1cc(C(=O)NC(C)C)cc(S(N)(=O)=O)c1OC. The average molecular weight is 302 g/mol. The molecule has 112 valence electrons. The van der Waals surface area contributed by atoms with Crippen molar-refractivity contribution in [2.75, 3.05) is 14.2 Å². The Hall–Kier alpha value is -1.80. The summed E-state index contributed by atoms with van der Waals surface area (Å²) in [4.78, 5) is 11.7. The summed E-state index contributed by atoms with van der Waals surface area (Å²) in [6.45, 7) is 3.58. The van der Waals surface area contributed by atoms with E-state index in [1.807, 2.05) is 0 Å². The topological polar surface area (TPSA) is 108 Å². The highest BCUT2D eigenvalue weighted by Gasteiger charge is 2.23. The van der Waals surface area contributed by atoms with Crippen LogP contribution in [0.1, 0.15) is 24.2 Å². The van der Waals surface area contributed by atoms with Gasteiger partial charge in [0.15, 0.2) is 11.5 Å². The maximum Gasteiger partial charge on any atom is 0.251 e. The van der Waals surface area contributed by atoms with Gasteiger partial charge in [0.1, 0.15) is 4.90 Å². The molecule has 1 rings (SSSR count). The number of ether oxygens (including phenoxy) is 2. The van der Waals surface area contributed by atoms with Crippen LogP contribution in [0.5, 0.6) is 11.5 Å². The zero-order chi connectivity index (χ0) is 15.5. The summed E-state index contributed by atoms with van der Waals surface area (Å²) >= 11 is 0. The minimum atomic E-state index is -4.05. The van der Waals surface area contributed by atoms with Crippen LogP contribution in [0.4, 0.5) is 0 Å². The molecule has 0 aromatic heterocycles. The largest absolute Gasteiger partial charge is 0.493 e. The van der Waals surface area contributed by atoms with E-state index in [0.29, 0.717) is 0 Å². The lowest BCUT2D eigenvalue weighted by atomic mass is 10.1. The van der Waals surface area contributed by atoms with Crippen LogP contribution in [0.15, 0.2) is 17.0 Å². The molecular formula is C12H18N2O5S. The highest BCUT2D eigenvalue weighted by molar-refractivity contribution is 7.89. The summed E-state index contributed by atoms with van der Waals surface area (Å²) in [5.74, 6) is -0.338. The monoisotopic (exact) mass is 302 g/mol. The molecule has 20 heavy (non-hydrogen) atoms. The predicted molar refractivity (Wildman–Crippen MR) is 73.5 cm³/mol.